The summed E-state index contributed by atoms with van der Waals surface area (Å²) < 4.78 is 6.61. The average Bonchev–Trinajstić information content (AvgIpc) is 2.93. The van der Waals surface area contributed by atoms with E-state index in [0.29, 0.717) is 5.02 Å². The Kier molecular flexibility index (Phi) is 3.98. The Morgan fingerprint density at radius 1 is 1.30 bits per heavy atom. The van der Waals surface area contributed by atoms with Gasteiger partial charge in [0.2, 0.25) is 0 Å². The van der Waals surface area contributed by atoms with Crippen LogP contribution in [-0.4, -0.2) is 6.61 Å². The molecule has 0 fully saturated rings. The zero-order chi connectivity index (χ0) is 14.1. The fourth-order valence-electron chi connectivity index (χ4n) is 2.53. The fraction of sp³-hybridized carbons (Fsp3) is 0.200. The first kappa shape index (κ1) is 13.9. The molecular weight excluding hydrogens is 340 g/mol. The van der Waals surface area contributed by atoms with Crippen LogP contribution in [0.25, 0.3) is 0 Å². The van der Waals surface area contributed by atoms with Crippen LogP contribution in [0.15, 0.2) is 40.9 Å². The highest BCUT2D eigenvalue weighted by molar-refractivity contribution is 9.10. The van der Waals surface area contributed by atoms with Crippen molar-refractivity contribution in [1.29, 1.82) is 0 Å². The minimum atomic E-state index is -0.128. The summed E-state index contributed by atoms with van der Waals surface area (Å²) in [6.07, 6.45) is 0.949. The Labute approximate surface area is 131 Å². The van der Waals surface area contributed by atoms with E-state index in [-0.39, 0.29) is 6.04 Å². The number of hydrazine groups is 1. The molecule has 0 saturated heterocycles. The van der Waals surface area contributed by atoms with Crippen molar-refractivity contribution < 1.29 is 4.74 Å². The quantitative estimate of drug-likeness (QED) is 0.655. The number of fused-ring (bicyclic) bond motifs is 1. The number of nitrogens with two attached hydrogens (primary N) is 1. The molecular formula is C15H14BrClN2O. The van der Waals surface area contributed by atoms with E-state index in [1.54, 1.807) is 0 Å². The van der Waals surface area contributed by atoms with Crippen LogP contribution in [0.4, 0.5) is 0 Å². The zero-order valence-electron chi connectivity index (χ0n) is 10.7. The maximum absolute atomic E-state index is 6.05. The van der Waals surface area contributed by atoms with Crippen molar-refractivity contribution in [3.05, 3.63) is 62.6 Å². The summed E-state index contributed by atoms with van der Waals surface area (Å²) in [6.45, 7) is 0.730. The summed E-state index contributed by atoms with van der Waals surface area (Å²) in [4.78, 5) is 0. The van der Waals surface area contributed by atoms with Crippen LogP contribution < -0.4 is 16.0 Å². The number of para-hydroxylation sites is 1. The summed E-state index contributed by atoms with van der Waals surface area (Å²) in [5, 5.41) is 0.680. The third kappa shape index (κ3) is 2.44. The molecule has 1 aliphatic heterocycles. The molecule has 0 aliphatic carbocycles. The lowest BCUT2D eigenvalue weighted by atomic mass is 9.96. The minimum Gasteiger partial charge on any atom is -0.493 e. The Morgan fingerprint density at radius 2 is 2.15 bits per heavy atom. The van der Waals surface area contributed by atoms with Gasteiger partial charge in [-0.05, 0) is 39.2 Å². The van der Waals surface area contributed by atoms with Crippen molar-refractivity contribution in [2.24, 2.45) is 5.84 Å². The predicted molar refractivity (Wildman–Crippen MR) is 84.0 cm³/mol. The maximum atomic E-state index is 6.05. The van der Waals surface area contributed by atoms with Crippen LogP contribution in [-0.2, 0) is 6.42 Å². The number of halogens is 2. The van der Waals surface area contributed by atoms with Gasteiger partial charge in [-0.15, -0.1) is 0 Å². The largest absolute Gasteiger partial charge is 0.493 e. The van der Waals surface area contributed by atoms with Gasteiger partial charge >= 0.3 is 0 Å². The predicted octanol–water partition coefficient (Wildman–Crippen LogP) is 3.59. The molecule has 5 heteroatoms. The molecule has 1 heterocycles. The summed E-state index contributed by atoms with van der Waals surface area (Å²) in [6, 6.07) is 11.8. The Morgan fingerprint density at radius 3 is 2.90 bits per heavy atom. The van der Waals surface area contributed by atoms with Crippen LogP contribution in [0.3, 0.4) is 0 Å². The molecule has 1 atom stereocenters. The highest BCUT2D eigenvalue weighted by Crippen LogP contribution is 2.37. The van der Waals surface area contributed by atoms with Crippen molar-refractivity contribution in [3.8, 4) is 5.75 Å². The molecule has 2 aromatic rings. The van der Waals surface area contributed by atoms with Crippen LogP contribution in [0, 0.1) is 0 Å². The lowest BCUT2D eigenvalue weighted by Gasteiger charge is -2.20. The first-order chi connectivity index (χ1) is 9.70. The van der Waals surface area contributed by atoms with Gasteiger partial charge in [0.05, 0.1) is 17.7 Å². The second kappa shape index (κ2) is 5.74. The van der Waals surface area contributed by atoms with Crippen molar-refractivity contribution in [2.45, 2.75) is 12.5 Å². The molecule has 1 aliphatic rings. The Balaban J connectivity index is 2.06. The third-order valence-electron chi connectivity index (χ3n) is 3.50. The highest BCUT2D eigenvalue weighted by Gasteiger charge is 2.23. The van der Waals surface area contributed by atoms with E-state index in [1.165, 1.54) is 5.56 Å². The van der Waals surface area contributed by atoms with E-state index >= 15 is 0 Å². The van der Waals surface area contributed by atoms with Gasteiger partial charge in [0, 0.05) is 16.5 Å². The fourth-order valence-corrected chi connectivity index (χ4v) is 3.04. The first-order valence-electron chi connectivity index (χ1n) is 6.36. The summed E-state index contributed by atoms with van der Waals surface area (Å²) in [7, 11) is 0. The molecule has 0 aromatic heterocycles. The van der Waals surface area contributed by atoms with Crippen LogP contribution in [0.2, 0.25) is 5.02 Å². The van der Waals surface area contributed by atoms with Gasteiger partial charge in [-0.3, -0.25) is 5.84 Å². The highest BCUT2D eigenvalue weighted by atomic mass is 79.9. The number of rotatable bonds is 3. The average molecular weight is 354 g/mol. The minimum absolute atomic E-state index is 0.128. The van der Waals surface area contributed by atoms with Crippen molar-refractivity contribution in [1.82, 2.24) is 5.43 Å². The normalized spacial score (nSPS) is 14.8. The molecule has 0 saturated carbocycles. The van der Waals surface area contributed by atoms with Gasteiger partial charge in [-0.1, -0.05) is 35.9 Å². The molecule has 0 radical (unpaired) electrons. The lowest BCUT2D eigenvalue weighted by Crippen LogP contribution is -2.29. The summed E-state index contributed by atoms with van der Waals surface area (Å²) in [5.41, 5.74) is 6.19. The standard InChI is InChI=1S/C15H14BrClN2O/c16-12-8-10(4-5-13(12)17)14(19-18)11-3-1-2-9-6-7-20-15(9)11/h1-5,8,14,19H,6-7,18H2. The second-order valence-electron chi connectivity index (χ2n) is 4.71. The van der Waals surface area contributed by atoms with Gasteiger partial charge in [-0.25, -0.2) is 5.43 Å². The molecule has 1 unspecified atom stereocenters. The molecule has 3 N–H and O–H groups in total. The molecule has 3 rings (SSSR count). The van der Waals surface area contributed by atoms with E-state index in [2.05, 4.69) is 27.4 Å². The summed E-state index contributed by atoms with van der Waals surface area (Å²) in [5.74, 6) is 6.71. The van der Waals surface area contributed by atoms with E-state index in [9.17, 15) is 0 Å². The zero-order valence-corrected chi connectivity index (χ0v) is 13.0. The molecule has 20 heavy (non-hydrogen) atoms. The van der Waals surface area contributed by atoms with Crippen molar-refractivity contribution in [2.75, 3.05) is 6.61 Å². The number of hydrogen-bond acceptors (Lipinski definition) is 3. The van der Waals surface area contributed by atoms with Crippen molar-refractivity contribution in [3.63, 3.8) is 0 Å². The van der Waals surface area contributed by atoms with Crippen molar-refractivity contribution >= 4 is 27.5 Å². The van der Waals surface area contributed by atoms with Gasteiger partial charge < -0.3 is 4.74 Å². The van der Waals surface area contributed by atoms with E-state index in [4.69, 9.17) is 22.2 Å². The smallest absolute Gasteiger partial charge is 0.127 e. The molecule has 0 spiro atoms. The monoisotopic (exact) mass is 352 g/mol. The summed E-state index contributed by atoms with van der Waals surface area (Å²) >= 11 is 9.49. The molecule has 3 nitrogen and oxygen atoms in total. The van der Waals surface area contributed by atoms with Crippen LogP contribution in [0.5, 0.6) is 5.75 Å². The molecule has 0 amide bonds. The second-order valence-corrected chi connectivity index (χ2v) is 5.97. The SMILES string of the molecule is NNC(c1ccc(Cl)c(Br)c1)c1cccc2c1OCC2. The third-order valence-corrected chi connectivity index (χ3v) is 4.71. The number of hydrogen-bond donors (Lipinski definition) is 2. The maximum Gasteiger partial charge on any atom is 0.127 e. The van der Waals surface area contributed by atoms with Gasteiger partial charge in [-0.2, -0.15) is 0 Å². The number of nitrogens with one attached hydrogen (secondary N) is 1. The van der Waals surface area contributed by atoms with Crippen LogP contribution in [0.1, 0.15) is 22.7 Å². The Bertz CT molecular complexity index is 648. The lowest BCUT2D eigenvalue weighted by molar-refractivity contribution is 0.350. The van der Waals surface area contributed by atoms with Gasteiger partial charge in [0.15, 0.2) is 0 Å². The molecule has 104 valence electrons. The molecule has 0 bridgehead atoms. The topological polar surface area (TPSA) is 47.3 Å². The molecule has 2 aromatic carbocycles. The van der Waals surface area contributed by atoms with E-state index < -0.39 is 0 Å². The van der Waals surface area contributed by atoms with E-state index in [0.717, 1.165) is 34.4 Å². The first-order valence-corrected chi connectivity index (χ1v) is 7.53. The van der Waals surface area contributed by atoms with E-state index in [1.807, 2.05) is 30.3 Å². The number of benzene rings is 2. The van der Waals surface area contributed by atoms with Gasteiger partial charge in [0.25, 0.3) is 0 Å². The number of ether oxygens (including phenoxy) is 1. The van der Waals surface area contributed by atoms with Gasteiger partial charge in [0.1, 0.15) is 5.75 Å². The Hall–Kier alpha value is -1.07. The van der Waals surface area contributed by atoms with Crippen LogP contribution >= 0.6 is 27.5 Å².